The Morgan fingerprint density at radius 2 is 2.04 bits per heavy atom. The molecule has 1 aliphatic rings. The Morgan fingerprint density at radius 3 is 2.67 bits per heavy atom. The van der Waals surface area contributed by atoms with Gasteiger partial charge in [0.25, 0.3) is 0 Å². The fourth-order valence-corrected chi connectivity index (χ4v) is 5.35. The number of ether oxygens (including phenoxy) is 1. The molecule has 1 atom stereocenters. The lowest BCUT2D eigenvalue weighted by molar-refractivity contribution is 0.398. The first-order valence-corrected chi connectivity index (χ1v) is 10.5. The Labute approximate surface area is 157 Å². The van der Waals surface area contributed by atoms with Crippen LogP contribution >= 0.6 is 0 Å². The number of aromatic nitrogens is 5. The van der Waals surface area contributed by atoms with E-state index in [0.717, 1.165) is 28.5 Å². The van der Waals surface area contributed by atoms with E-state index in [1.807, 2.05) is 35.4 Å². The molecule has 27 heavy (non-hydrogen) atoms. The van der Waals surface area contributed by atoms with Gasteiger partial charge in [0, 0.05) is 30.2 Å². The number of pyridine rings is 1. The molecule has 3 aromatic rings. The summed E-state index contributed by atoms with van der Waals surface area (Å²) >= 11 is 0. The molecule has 142 valence electrons. The average molecular weight is 387 g/mol. The number of imidazole rings is 1. The molecule has 1 fully saturated rings. The molecule has 4 rings (SSSR count). The second kappa shape index (κ2) is 6.49. The third kappa shape index (κ3) is 3.12. The summed E-state index contributed by atoms with van der Waals surface area (Å²) in [5, 5.41) is 4.64. The second-order valence-corrected chi connectivity index (χ2v) is 8.96. The van der Waals surface area contributed by atoms with E-state index in [4.69, 9.17) is 4.74 Å². The Bertz CT molecular complexity index is 1080. The molecule has 1 unspecified atom stereocenters. The number of sulfone groups is 1. The van der Waals surface area contributed by atoms with Gasteiger partial charge in [-0.3, -0.25) is 9.25 Å². The second-order valence-electron chi connectivity index (χ2n) is 6.73. The van der Waals surface area contributed by atoms with Crippen LogP contribution in [0.4, 0.5) is 0 Å². The molecule has 1 aliphatic heterocycles. The van der Waals surface area contributed by atoms with Crippen molar-refractivity contribution in [2.45, 2.75) is 26.3 Å². The van der Waals surface area contributed by atoms with Crippen molar-refractivity contribution in [2.75, 3.05) is 18.6 Å². The van der Waals surface area contributed by atoms with Crippen molar-refractivity contribution in [2.24, 2.45) is 0 Å². The quantitative estimate of drug-likeness (QED) is 0.681. The predicted octanol–water partition coefficient (Wildman–Crippen LogP) is 2.12. The highest BCUT2D eigenvalue weighted by atomic mass is 32.2. The van der Waals surface area contributed by atoms with E-state index < -0.39 is 9.84 Å². The SMILES string of the molecule is COc1ccc(-c2nccn2-c2c(C)nn(C3CCS(=O)(=O)C3)c2C)cn1. The fraction of sp³-hybridized carbons (Fsp3) is 0.389. The van der Waals surface area contributed by atoms with E-state index in [-0.39, 0.29) is 17.5 Å². The highest BCUT2D eigenvalue weighted by Crippen LogP contribution is 2.30. The largest absolute Gasteiger partial charge is 0.481 e. The number of rotatable bonds is 4. The summed E-state index contributed by atoms with van der Waals surface area (Å²) in [5.74, 6) is 1.65. The minimum atomic E-state index is -2.98. The highest BCUT2D eigenvalue weighted by molar-refractivity contribution is 7.91. The third-order valence-corrected chi connectivity index (χ3v) is 6.68. The highest BCUT2D eigenvalue weighted by Gasteiger charge is 2.32. The van der Waals surface area contributed by atoms with Crippen molar-refractivity contribution in [1.82, 2.24) is 24.3 Å². The molecule has 8 nitrogen and oxygen atoms in total. The van der Waals surface area contributed by atoms with Gasteiger partial charge in [-0.1, -0.05) is 0 Å². The van der Waals surface area contributed by atoms with Crippen LogP contribution in [0.5, 0.6) is 5.88 Å². The average Bonchev–Trinajstić information content (AvgIpc) is 3.32. The van der Waals surface area contributed by atoms with Crippen LogP contribution < -0.4 is 4.74 Å². The van der Waals surface area contributed by atoms with Gasteiger partial charge >= 0.3 is 0 Å². The molecule has 1 saturated heterocycles. The molecule has 0 radical (unpaired) electrons. The van der Waals surface area contributed by atoms with Gasteiger partial charge in [0.05, 0.1) is 41.7 Å². The first-order valence-electron chi connectivity index (χ1n) is 8.70. The zero-order valence-electron chi connectivity index (χ0n) is 15.5. The number of methoxy groups -OCH3 is 1. The molecule has 0 bridgehead atoms. The molecule has 3 aromatic heterocycles. The summed E-state index contributed by atoms with van der Waals surface area (Å²) in [6.07, 6.45) is 5.93. The maximum atomic E-state index is 11.9. The number of hydrogen-bond donors (Lipinski definition) is 0. The van der Waals surface area contributed by atoms with Crippen LogP contribution in [0.2, 0.25) is 0 Å². The standard InChI is InChI=1S/C18H21N5O3S/c1-12-17(13(2)23(21-12)15-6-9-27(24,25)11-15)22-8-7-19-18(22)14-4-5-16(26-3)20-10-14/h4-5,7-8,10,15H,6,9,11H2,1-3H3. The van der Waals surface area contributed by atoms with Gasteiger partial charge in [-0.2, -0.15) is 5.10 Å². The van der Waals surface area contributed by atoms with Crippen LogP contribution in [0.3, 0.4) is 0 Å². The maximum absolute atomic E-state index is 11.9. The van der Waals surface area contributed by atoms with Gasteiger partial charge in [-0.15, -0.1) is 0 Å². The summed E-state index contributed by atoms with van der Waals surface area (Å²) < 4.78 is 32.7. The molecule has 9 heteroatoms. The Hall–Kier alpha value is -2.68. The lowest BCUT2D eigenvalue weighted by Gasteiger charge is -2.12. The van der Waals surface area contributed by atoms with Crippen molar-refractivity contribution in [3.05, 3.63) is 42.1 Å². The number of nitrogens with zero attached hydrogens (tertiary/aromatic N) is 5. The van der Waals surface area contributed by atoms with Gasteiger partial charge in [-0.25, -0.2) is 18.4 Å². The van der Waals surface area contributed by atoms with Crippen LogP contribution in [-0.4, -0.2) is 51.3 Å². The normalized spacial score (nSPS) is 18.7. The Balaban J connectivity index is 1.76. The topological polar surface area (TPSA) is 91.9 Å². The monoisotopic (exact) mass is 387 g/mol. The van der Waals surface area contributed by atoms with E-state index in [9.17, 15) is 8.42 Å². The Kier molecular flexibility index (Phi) is 4.26. The van der Waals surface area contributed by atoms with E-state index in [2.05, 4.69) is 15.1 Å². The summed E-state index contributed by atoms with van der Waals surface area (Å²) in [5.41, 5.74) is 3.53. The van der Waals surface area contributed by atoms with E-state index in [1.54, 1.807) is 25.6 Å². The zero-order valence-corrected chi connectivity index (χ0v) is 16.3. The third-order valence-electron chi connectivity index (χ3n) is 4.93. The predicted molar refractivity (Wildman–Crippen MR) is 101 cm³/mol. The molecular weight excluding hydrogens is 366 g/mol. The first kappa shape index (κ1) is 17.7. The molecule has 0 saturated carbocycles. The molecule has 0 aliphatic carbocycles. The van der Waals surface area contributed by atoms with Crippen LogP contribution in [0.15, 0.2) is 30.7 Å². The smallest absolute Gasteiger partial charge is 0.212 e. The summed E-state index contributed by atoms with van der Waals surface area (Å²) in [4.78, 5) is 8.73. The molecule has 0 amide bonds. The van der Waals surface area contributed by atoms with Crippen molar-refractivity contribution in [3.63, 3.8) is 0 Å². The van der Waals surface area contributed by atoms with E-state index in [0.29, 0.717) is 12.3 Å². The van der Waals surface area contributed by atoms with Crippen molar-refractivity contribution >= 4 is 9.84 Å². The fourth-order valence-electron chi connectivity index (χ4n) is 3.66. The molecule has 0 N–H and O–H groups in total. The van der Waals surface area contributed by atoms with Crippen LogP contribution in [-0.2, 0) is 9.84 Å². The van der Waals surface area contributed by atoms with Gasteiger partial charge in [-0.05, 0) is 26.3 Å². The summed E-state index contributed by atoms with van der Waals surface area (Å²) in [6, 6.07) is 3.58. The molecular formula is C18H21N5O3S. The minimum Gasteiger partial charge on any atom is -0.481 e. The summed E-state index contributed by atoms with van der Waals surface area (Å²) in [7, 11) is -1.40. The molecule has 0 aromatic carbocycles. The number of hydrogen-bond acceptors (Lipinski definition) is 6. The van der Waals surface area contributed by atoms with Crippen LogP contribution in [0, 0.1) is 13.8 Å². The van der Waals surface area contributed by atoms with Crippen LogP contribution in [0.1, 0.15) is 23.9 Å². The van der Waals surface area contributed by atoms with Gasteiger partial charge in [0.2, 0.25) is 5.88 Å². The van der Waals surface area contributed by atoms with Crippen molar-refractivity contribution in [1.29, 1.82) is 0 Å². The summed E-state index contributed by atoms with van der Waals surface area (Å²) in [6.45, 7) is 3.90. The van der Waals surface area contributed by atoms with Gasteiger partial charge in [0.1, 0.15) is 5.82 Å². The lowest BCUT2D eigenvalue weighted by Crippen LogP contribution is -2.14. The van der Waals surface area contributed by atoms with Crippen molar-refractivity contribution in [3.8, 4) is 23.0 Å². The lowest BCUT2D eigenvalue weighted by atomic mass is 10.2. The number of aryl methyl sites for hydroxylation is 1. The zero-order chi connectivity index (χ0) is 19.2. The minimum absolute atomic E-state index is 0.114. The Morgan fingerprint density at radius 1 is 1.22 bits per heavy atom. The van der Waals surface area contributed by atoms with Gasteiger partial charge < -0.3 is 4.74 Å². The van der Waals surface area contributed by atoms with Crippen LogP contribution in [0.25, 0.3) is 17.1 Å². The molecule has 4 heterocycles. The first-order chi connectivity index (χ1) is 12.9. The van der Waals surface area contributed by atoms with E-state index >= 15 is 0 Å². The van der Waals surface area contributed by atoms with Gasteiger partial charge in [0.15, 0.2) is 9.84 Å². The van der Waals surface area contributed by atoms with Crippen molar-refractivity contribution < 1.29 is 13.2 Å². The maximum Gasteiger partial charge on any atom is 0.212 e. The van der Waals surface area contributed by atoms with E-state index in [1.165, 1.54) is 0 Å². The molecule has 0 spiro atoms.